The maximum absolute atomic E-state index is 12.1. The number of carboxylic acid groups (broad SMARTS) is 1. The lowest BCUT2D eigenvalue weighted by atomic mass is 9.97. The van der Waals surface area contributed by atoms with Crippen LogP contribution in [0.3, 0.4) is 0 Å². The van der Waals surface area contributed by atoms with Crippen molar-refractivity contribution >= 4 is 17.6 Å². The first-order valence-corrected chi connectivity index (χ1v) is 7.43. The van der Waals surface area contributed by atoms with E-state index >= 15 is 0 Å². The zero-order chi connectivity index (χ0) is 15.2. The summed E-state index contributed by atoms with van der Waals surface area (Å²) >= 11 is 0. The summed E-state index contributed by atoms with van der Waals surface area (Å²) in [6.45, 7) is 3.42. The van der Waals surface area contributed by atoms with E-state index in [0.29, 0.717) is 25.9 Å². The molecule has 2 N–H and O–H groups in total. The second kappa shape index (κ2) is 7.11. The molecule has 0 aliphatic carbocycles. The lowest BCUT2D eigenvalue weighted by Crippen LogP contribution is -2.42. The molecule has 114 valence electrons. The van der Waals surface area contributed by atoms with E-state index in [4.69, 9.17) is 5.11 Å². The second-order valence-corrected chi connectivity index (χ2v) is 5.40. The molecule has 0 unspecified atom stereocenters. The molecule has 1 aliphatic heterocycles. The molecule has 0 aromatic heterocycles. The fraction of sp³-hybridized carbons (Fsp3) is 0.500. The average molecular weight is 290 g/mol. The molecule has 1 aromatic carbocycles. The van der Waals surface area contributed by atoms with Crippen LogP contribution in [-0.2, 0) is 16.0 Å². The van der Waals surface area contributed by atoms with E-state index in [1.54, 1.807) is 4.90 Å². The summed E-state index contributed by atoms with van der Waals surface area (Å²) < 4.78 is 0. The Balaban J connectivity index is 1.81. The molecule has 1 fully saturated rings. The molecular weight excluding hydrogens is 268 g/mol. The smallest absolute Gasteiger partial charge is 0.306 e. The molecule has 0 radical (unpaired) electrons. The van der Waals surface area contributed by atoms with Gasteiger partial charge in [0.1, 0.15) is 0 Å². The van der Waals surface area contributed by atoms with Crippen LogP contribution in [0.25, 0.3) is 0 Å². The number of amides is 1. The number of hydrogen-bond acceptors (Lipinski definition) is 3. The highest BCUT2D eigenvalue weighted by Crippen LogP contribution is 2.17. The molecule has 0 spiro atoms. The first-order valence-electron chi connectivity index (χ1n) is 7.43. The number of piperidine rings is 1. The quantitative estimate of drug-likeness (QED) is 0.870. The van der Waals surface area contributed by atoms with Crippen LogP contribution in [0.4, 0.5) is 5.69 Å². The summed E-state index contributed by atoms with van der Waals surface area (Å²) in [6.07, 6.45) is 2.06. The van der Waals surface area contributed by atoms with Crippen LogP contribution in [0, 0.1) is 5.92 Å². The van der Waals surface area contributed by atoms with Crippen LogP contribution in [-0.4, -0.2) is 41.5 Å². The summed E-state index contributed by atoms with van der Waals surface area (Å²) in [5.41, 5.74) is 2.18. The van der Waals surface area contributed by atoms with Crippen molar-refractivity contribution in [3.63, 3.8) is 0 Å². The Bertz CT molecular complexity index is 508. The number of aliphatic carboxylic acids is 1. The van der Waals surface area contributed by atoms with E-state index < -0.39 is 5.97 Å². The molecule has 5 nitrogen and oxygen atoms in total. The largest absolute Gasteiger partial charge is 0.481 e. The molecule has 1 saturated heterocycles. The predicted octanol–water partition coefficient (Wildman–Crippen LogP) is 1.98. The lowest BCUT2D eigenvalue weighted by Gasteiger charge is -2.30. The van der Waals surface area contributed by atoms with Crippen LogP contribution in [0.15, 0.2) is 24.3 Å². The number of nitrogens with zero attached hydrogens (tertiary/aromatic N) is 1. The number of rotatable bonds is 5. The molecule has 1 heterocycles. The zero-order valence-corrected chi connectivity index (χ0v) is 12.3. The van der Waals surface area contributed by atoms with Gasteiger partial charge in [-0.05, 0) is 37.0 Å². The van der Waals surface area contributed by atoms with Crippen LogP contribution in [0.1, 0.15) is 25.3 Å². The Kier molecular flexibility index (Phi) is 5.20. The molecule has 0 bridgehead atoms. The topological polar surface area (TPSA) is 69.6 Å². The monoisotopic (exact) mass is 290 g/mol. The van der Waals surface area contributed by atoms with E-state index in [0.717, 1.165) is 12.1 Å². The number of carbonyl (C=O) groups excluding carboxylic acids is 1. The van der Waals surface area contributed by atoms with Crippen LogP contribution in [0.5, 0.6) is 0 Å². The molecule has 2 rings (SSSR count). The first kappa shape index (κ1) is 15.4. The molecule has 5 heteroatoms. The van der Waals surface area contributed by atoms with Crippen molar-refractivity contribution in [1.29, 1.82) is 0 Å². The minimum atomic E-state index is -0.753. The van der Waals surface area contributed by atoms with Crippen molar-refractivity contribution in [3.8, 4) is 0 Å². The zero-order valence-electron chi connectivity index (χ0n) is 12.3. The van der Waals surface area contributed by atoms with Crippen LogP contribution in [0.2, 0.25) is 0 Å². The molecule has 1 amide bonds. The Morgan fingerprint density at radius 3 is 2.67 bits per heavy atom. The Morgan fingerprint density at radius 2 is 2.05 bits per heavy atom. The number of hydrogen-bond donors (Lipinski definition) is 2. The summed E-state index contributed by atoms with van der Waals surface area (Å²) in [5.74, 6) is -1.03. The number of likely N-dealkylation sites (tertiary alicyclic amines) is 1. The Morgan fingerprint density at radius 1 is 1.33 bits per heavy atom. The SMILES string of the molecule is CCc1cccc(NCC(=O)N2CCC(C(=O)O)CC2)c1. The van der Waals surface area contributed by atoms with Gasteiger partial charge in [0, 0.05) is 18.8 Å². The van der Waals surface area contributed by atoms with Gasteiger partial charge in [-0.15, -0.1) is 0 Å². The number of benzene rings is 1. The van der Waals surface area contributed by atoms with Crippen molar-refractivity contribution in [3.05, 3.63) is 29.8 Å². The number of carboxylic acids is 1. The summed E-state index contributed by atoms with van der Waals surface area (Å²) in [7, 11) is 0. The van der Waals surface area contributed by atoms with Gasteiger partial charge in [-0.1, -0.05) is 19.1 Å². The van der Waals surface area contributed by atoms with Crippen LogP contribution < -0.4 is 5.32 Å². The maximum Gasteiger partial charge on any atom is 0.306 e. The maximum atomic E-state index is 12.1. The second-order valence-electron chi connectivity index (χ2n) is 5.40. The van der Waals surface area contributed by atoms with Gasteiger partial charge in [0.05, 0.1) is 12.5 Å². The van der Waals surface area contributed by atoms with Gasteiger partial charge in [-0.2, -0.15) is 0 Å². The van der Waals surface area contributed by atoms with Crippen molar-refractivity contribution in [2.24, 2.45) is 5.92 Å². The predicted molar refractivity (Wildman–Crippen MR) is 81.2 cm³/mol. The Hall–Kier alpha value is -2.04. The Labute approximate surface area is 125 Å². The van der Waals surface area contributed by atoms with Crippen LogP contribution >= 0.6 is 0 Å². The van der Waals surface area contributed by atoms with Gasteiger partial charge in [0.25, 0.3) is 0 Å². The number of nitrogens with one attached hydrogen (secondary N) is 1. The van der Waals surface area contributed by atoms with E-state index in [1.165, 1.54) is 5.56 Å². The third-order valence-corrected chi connectivity index (χ3v) is 3.98. The van der Waals surface area contributed by atoms with Gasteiger partial charge in [-0.25, -0.2) is 0 Å². The summed E-state index contributed by atoms with van der Waals surface area (Å²) in [5, 5.41) is 12.1. The van der Waals surface area contributed by atoms with Gasteiger partial charge >= 0.3 is 5.97 Å². The summed E-state index contributed by atoms with van der Waals surface area (Å²) in [6, 6.07) is 8.03. The van der Waals surface area contributed by atoms with Crippen molar-refractivity contribution in [2.45, 2.75) is 26.2 Å². The molecule has 0 atom stereocenters. The minimum Gasteiger partial charge on any atom is -0.481 e. The molecule has 21 heavy (non-hydrogen) atoms. The molecular formula is C16H22N2O3. The van der Waals surface area contributed by atoms with Gasteiger partial charge in [0.15, 0.2) is 0 Å². The molecule has 1 aromatic rings. The van der Waals surface area contributed by atoms with Gasteiger partial charge in [0.2, 0.25) is 5.91 Å². The van der Waals surface area contributed by atoms with Crippen molar-refractivity contribution in [1.82, 2.24) is 4.90 Å². The minimum absolute atomic E-state index is 0.0285. The third-order valence-electron chi connectivity index (χ3n) is 3.98. The van der Waals surface area contributed by atoms with Gasteiger partial charge < -0.3 is 15.3 Å². The fourth-order valence-corrected chi connectivity index (χ4v) is 2.57. The van der Waals surface area contributed by atoms with E-state index in [-0.39, 0.29) is 18.4 Å². The first-order chi connectivity index (χ1) is 10.1. The standard InChI is InChI=1S/C16H22N2O3/c1-2-12-4-3-5-14(10-12)17-11-15(19)18-8-6-13(7-9-18)16(20)21/h3-5,10,13,17H,2,6-9,11H2,1H3,(H,20,21). The number of carbonyl (C=O) groups is 2. The van der Waals surface area contributed by atoms with Crippen molar-refractivity contribution in [2.75, 3.05) is 25.0 Å². The molecule has 1 aliphatic rings. The lowest BCUT2D eigenvalue weighted by molar-refractivity contribution is -0.145. The van der Waals surface area contributed by atoms with E-state index in [1.807, 2.05) is 18.2 Å². The molecule has 0 saturated carbocycles. The summed E-state index contributed by atoms with van der Waals surface area (Å²) in [4.78, 5) is 24.8. The highest BCUT2D eigenvalue weighted by atomic mass is 16.4. The van der Waals surface area contributed by atoms with Gasteiger partial charge in [-0.3, -0.25) is 9.59 Å². The highest BCUT2D eigenvalue weighted by molar-refractivity contribution is 5.81. The number of aryl methyl sites for hydroxylation is 1. The van der Waals surface area contributed by atoms with E-state index in [2.05, 4.69) is 18.3 Å². The fourth-order valence-electron chi connectivity index (χ4n) is 2.57. The van der Waals surface area contributed by atoms with E-state index in [9.17, 15) is 9.59 Å². The van der Waals surface area contributed by atoms with Crippen molar-refractivity contribution < 1.29 is 14.7 Å². The number of anilines is 1. The normalized spacial score (nSPS) is 15.8. The highest BCUT2D eigenvalue weighted by Gasteiger charge is 2.26. The third kappa shape index (κ3) is 4.21. The average Bonchev–Trinajstić information content (AvgIpc) is 2.53.